The Morgan fingerprint density at radius 1 is 0.417 bits per heavy atom. The molecular formula is C32H48N4. The van der Waals surface area contributed by atoms with Gasteiger partial charge < -0.3 is 9.13 Å². The van der Waals surface area contributed by atoms with E-state index >= 15 is 0 Å². The molecule has 196 valence electrons. The van der Waals surface area contributed by atoms with E-state index in [4.69, 9.17) is 9.97 Å². The quantitative estimate of drug-likeness (QED) is 0.250. The number of aryl methyl sites for hydroxylation is 6. The highest BCUT2D eigenvalue weighted by atomic mass is 15.1. The lowest BCUT2D eigenvalue weighted by molar-refractivity contribution is 0.526. The summed E-state index contributed by atoms with van der Waals surface area (Å²) in [6.07, 6.45) is 0. The van der Waals surface area contributed by atoms with Gasteiger partial charge in [0.05, 0.1) is 22.1 Å². The Bertz CT molecular complexity index is 1360. The minimum absolute atomic E-state index is 0.0778. The van der Waals surface area contributed by atoms with Gasteiger partial charge in [0.2, 0.25) is 0 Å². The van der Waals surface area contributed by atoms with Crippen LogP contribution in [0.4, 0.5) is 0 Å². The van der Waals surface area contributed by atoms with Crippen molar-refractivity contribution >= 4 is 22.1 Å². The SMILES string of the molecule is Cc1c(C)c(C)c2c(nc(C(C)(C)C)n2C)c1C.Cc1c(C)c(C)c2c(nc(C(C)(C)C)n2C)c1C. The number of fused-ring (bicyclic) bond motifs is 2. The van der Waals surface area contributed by atoms with Crippen LogP contribution in [0.3, 0.4) is 0 Å². The maximum Gasteiger partial charge on any atom is 0.115 e. The molecule has 0 aliphatic carbocycles. The molecule has 36 heavy (non-hydrogen) atoms. The molecule has 0 amide bonds. The molecule has 4 heteroatoms. The van der Waals surface area contributed by atoms with Crippen LogP contribution in [0.5, 0.6) is 0 Å². The van der Waals surface area contributed by atoms with Crippen molar-refractivity contribution in [3.05, 3.63) is 56.2 Å². The van der Waals surface area contributed by atoms with Crippen molar-refractivity contribution in [3.63, 3.8) is 0 Å². The summed E-state index contributed by atoms with van der Waals surface area (Å²) in [7, 11) is 4.27. The smallest absolute Gasteiger partial charge is 0.115 e. The molecule has 0 fully saturated rings. The molecule has 0 atom stereocenters. The second-order valence-electron chi connectivity index (χ2n) is 12.9. The van der Waals surface area contributed by atoms with Gasteiger partial charge in [-0.2, -0.15) is 0 Å². The standard InChI is InChI=1S/2C16H24N2/c2*1-9-10(2)12(4)14-13(11(9)3)17-15(18(14)8)16(5,6)7/h2*1-8H3. The van der Waals surface area contributed by atoms with Crippen LogP contribution in [-0.2, 0) is 24.9 Å². The molecule has 0 aliphatic rings. The molecule has 4 rings (SSSR count). The number of benzene rings is 2. The fourth-order valence-corrected chi connectivity index (χ4v) is 5.56. The van der Waals surface area contributed by atoms with Crippen molar-refractivity contribution in [1.82, 2.24) is 19.1 Å². The molecule has 0 N–H and O–H groups in total. The summed E-state index contributed by atoms with van der Waals surface area (Å²) >= 11 is 0. The summed E-state index contributed by atoms with van der Waals surface area (Å²) in [6.45, 7) is 30.9. The molecule has 2 aromatic carbocycles. The van der Waals surface area contributed by atoms with Gasteiger partial charge in [-0.05, 0) is 99.9 Å². The fraction of sp³-hybridized carbons (Fsp3) is 0.562. The van der Waals surface area contributed by atoms with Crippen molar-refractivity contribution in [2.45, 2.75) is 108 Å². The lowest BCUT2D eigenvalue weighted by Crippen LogP contribution is -2.17. The van der Waals surface area contributed by atoms with Crippen LogP contribution in [0.2, 0.25) is 0 Å². The zero-order valence-electron chi connectivity index (χ0n) is 25.8. The van der Waals surface area contributed by atoms with Gasteiger partial charge >= 0.3 is 0 Å². The van der Waals surface area contributed by atoms with Gasteiger partial charge in [-0.1, -0.05) is 41.5 Å². The summed E-state index contributed by atoms with van der Waals surface area (Å²) in [5.41, 5.74) is 16.0. The minimum Gasteiger partial charge on any atom is -0.330 e. The zero-order valence-corrected chi connectivity index (χ0v) is 25.8. The number of aromatic nitrogens is 4. The first-order chi connectivity index (χ1) is 16.3. The van der Waals surface area contributed by atoms with Crippen LogP contribution in [-0.4, -0.2) is 19.1 Å². The molecular weight excluding hydrogens is 440 g/mol. The van der Waals surface area contributed by atoms with Crippen LogP contribution in [0.15, 0.2) is 0 Å². The van der Waals surface area contributed by atoms with Crippen LogP contribution >= 0.6 is 0 Å². The maximum atomic E-state index is 4.91. The van der Waals surface area contributed by atoms with E-state index in [9.17, 15) is 0 Å². The molecule has 0 bridgehead atoms. The molecule has 0 saturated carbocycles. The third-order valence-corrected chi connectivity index (χ3v) is 8.33. The number of hydrogen-bond donors (Lipinski definition) is 0. The van der Waals surface area contributed by atoms with Crippen molar-refractivity contribution in [1.29, 1.82) is 0 Å². The van der Waals surface area contributed by atoms with Gasteiger partial charge in [0.25, 0.3) is 0 Å². The van der Waals surface area contributed by atoms with Crippen molar-refractivity contribution in [2.75, 3.05) is 0 Å². The van der Waals surface area contributed by atoms with Gasteiger partial charge in [-0.25, -0.2) is 9.97 Å². The Balaban J connectivity index is 0.000000201. The second-order valence-corrected chi connectivity index (χ2v) is 12.9. The summed E-state index contributed by atoms with van der Waals surface area (Å²) in [5.74, 6) is 2.32. The van der Waals surface area contributed by atoms with E-state index in [2.05, 4.69) is 120 Å². The number of imidazole rings is 2. The summed E-state index contributed by atoms with van der Waals surface area (Å²) in [6, 6.07) is 0. The minimum atomic E-state index is 0.0778. The fourth-order valence-electron chi connectivity index (χ4n) is 5.56. The number of rotatable bonds is 0. The monoisotopic (exact) mass is 488 g/mol. The molecule has 4 aromatic rings. The molecule has 0 radical (unpaired) electrons. The highest BCUT2D eigenvalue weighted by Gasteiger charge is 2.25. The van der Waals surface area contributed by atoms with Gasteiger partial charge in [-0.15, -0.1) is 0 Å². The van der Waals surface area contributed by atoms with Gasteiger partial charge in [-0.3, -0.25) is 0 Å². The van der Waals surface area contributed by atoms with Crippen molar-refractivity contribution < 1.29 is 0 Å². The van der Waals surface area contributed by atoms with E-state index in [1.54, 1.807) is 0 Å². The molecule has 2 aromatic heterocycles. The number of hydrogen-bond acceptors (Lipinski definition) is 2. The van der Waals surface area contributed by atoms with Crippen LogP contribution < -0.4 is 0 Å². The van der Waals surface area contributed by atoms with E-state index in [0.717, 1.165) is 11.6 Å². The summed E-state index contributed by atoms with van der Waals surface area (Å²) in [5, 5.41) is 0. The van der Waals surface area contributed by atoms with E-state index < -0.39 is 0 Å². The van der Waals surface area contributed by atoms with E-state index in [1.165, 1.54) is 66.6 Å². The molecule has 0 saturated heterocycles. The average Bonchev–Trinajstić information content (AvgIpc) is 3.31. The Morgan fingerprint density at radius 3 is 0.917 bits per heavy atom. The Morgan fingerprint density at radius 2 is 0.667 bits per heavy atom. The van der Waals surface area contributed by atoms with Crippen LogP contribution in [0, 0.1) is 55.4 Å². The molecule has 0 spiro atoms. The van der Waals surface area contributed by atoms with E-state index in [1.807, 2.05) is 0 Å². The van der Waals surface area contributed by atoms with Crippen molar-refractivity contribution in [3.8, 4) is 0 Å². The second kappa shape index (κ2) is 9.04. The lowest BCUT2D eigenvalue weighted by atomic mass is 9.96. The first kappa shape index (κ1) is 28.0. The zero-order chi connectivity index (χ0) is 27.7. The van der Waals surface area contributed by atoms with Gasteiger partial charge in [0, 0.05) is 24.9 Å². The van der Waals surface area contributed by atoms with Crippen molar-refractivity contribution in [2.24, 2.45) is 14.1 Å². The Hall–Kier alpha value is -2.62. The average molecular weight is 489 g/mol. The first-order valence-corrected chi connectivity index (χ1v) is 13.2. The highest BCUT2D eigenvalue weighted by Crippen LogP contribution is 2.33. The Labute approximate surface area is 219 Å². The van der Waals surface area contributed by atoms with Crippen LogP contribution in [0.1, 0.15) is 97.7 Å². The topological polar surface area (TPSA) is 35.6 Å². The van der Waals surface area contributed by atoms with E-state index in [-0.39, 0.29) is 10.8 Å². The maximum absolute atomic E-state index is 4.91. The normalized spacial score (nSPS) is 12.4. The summed E-state index contributed by atoms with van der Waals surface area (Å²) < 4.78 is 4.54. The predicted molar refractivity (Wildman–Crippen MR) is 157 cm³/mol. The third-order valence-electron chi connectivity index (χ3n) is 8.33. The predicted octanol–water partition coefficient (Wildman–Crippen LogP) is 8.21. The van der Waals surface area contributed by atoms with Gasteiger partial charge in [0.15, 0.2) is 0 Å². The largest absolute Gasteiger partial charge is 0.330 e. The first-order valence-electron chi connectivity index (χ1n) is 13.2. The molecule has 0 aliphatic heterocycles. The van der Waals surface area contributed by atoms with Gasteiger partial charge in [0.1, 0.15) is 11.6 Å². The molecule has 4 nitrogen and oxygen atoms in total. The Kier molecular flexibility index (Phi) is 7.02. The van der Waals surface area contributed by atoms with E-state index in [0.29, 0.717) is 0 Å². The molecule has 0 unspecified atom stereocenters. The lowest BCUT2D eigenvalue weighted by Gasteiger charge is -2.18. The third kappa shape index (κ3) is 4.37. The summed E-state index contributed by atoms with van der Waals surface area (Å²) in [4.78, 5) is 9.82. The number of nitrogens with zero attached hydrogens (tertiary/aromatic N) is 4. The van der Waals surface area contributed by atoms with Crippen LogP contribution in [0.25, 0.3) is 22.1 Å². The molecule has 2 heterocycles. The highest BCUT2D eigenvalue weighted by molar-refractivity contribution is 5.86.